The molecule has 0 radical (unpaired) electrons. The van der Waals surface area contributed by atoms with E-state index in [9.17, 15) is 0 Å². The Morgan fingerprint density at radius 1 is 1.00 bits per heavy atom. The average Bonchev–Trinajstić information content (AvgIpc) is 3.10. The Morgan fingerprint density at radius 3 is 2.45 bits per heavy atom. The normalized spacial score (nSPS) is 31.9. The van der Waals surface area contributed by atoms with Gasteiger partial charge >= 0.3 is 0 Å². The third-order valence-electron chi connectivity index (χ3n) is 6.20. The van der Waals surface area contributed by atoms with Crippen molar-refractivity contribution < 1.29 is 4.74 Å². The van der Waals surface area contributed by atoms with E-state index in [1.54, 1.807) is 0 Å². The molecular formula is C18H33NO. The van der Waals surface area contributed by atoms with Crippen LogP contribution >= 0.6 is 0 Å². The number of rotatable bonds is 5. The van der Waals surface area contributed by atoms with Gasteiger partial charge in [-0.3, -0.25) is 0 Å². The monoisotopic (exact) mass is 279 g/mol. The Kier molecular flexibility index (Phi) is 5.04. The summed E-state index contributed by atoms with van der Waals surface area (Å²) in [6, 6.07) is 0. The summed E-state index contributed by atoms with van der Waals surface area (Å²) in [4.78, 5) is 0. The zero-order valence-corrected chi connectivity index (χ0v) is 13.3. The summed E-state index contributed by atoms with van der Waals surface area (Å²) in [5, 5.41) is 3.43. The quantitative estimate of drug-likeness (QED) is 0.811. The topological polar surface area (TPSA) is 21.3 Å². The van der Waals surface area contributed by atoms with E-state index in [0.29, 0.717) is 11.7 Å². The lowest BCUT2D eigenvalue weighted by Crippen LogP contribution is -2.33. The van der Waals surface area contributed by atoms with Crippen molar-refractivity contribution in [2.24, 2.45) is 11.8 Å². The minimum Gasteiger partial charge on any atom is -0.372 e. The lowest BCUT2D eigenvalue weighted by Gasteiger charge is -2.34. The maximum Gasteiger partial charge on any atom is 0.0687 e. The summed E-state index contributed by atoms with van der Waals surface area (Å²) >= 11 is 0. The van der Waals surface area contributed by atoms with Crippen LogP contribution in [-0.2, 0) is 4.74 Å². The molecule has 1 saturated heterocycles. The van der Waals surface area contributed by atoms with E-state index in [-0.39, 0.29) is 0 Å². The van der Waals surface area contributed by atoms with Crippen LogP contribution in [0.15, 0.2) is 0 Å². The molecule has 20 heavy (non-hydrogen) atoms. The molecule has 2 aliphatic carbocycles. The molecule has 0 aromatic rings. The fourth-order valence-electron chi connectivity index (χ4n) is 5.10. The second-order valence-electron chi connectivity index (χ2n) is 7.62. The molecule has 1 spiro atoms. The van der Waals surface area contributed by atoms with E-state index in [1.165, 1.54) is 83.6 Å². The Hall–Kier alpha value is -0.0800. The predicted molar refractivity (Wildman–Crippen MR) is 83.9 cm³/mol. The van der Waals surface area contributed by atoms with Crippen molar-refractivity contribution >= 4 is 0 Å². The van der Waals surface area contributed by atoms with Crippen LogP contribution in [0.3, 0.4) is 0 Å². The predicted octanol–water partition coefficient (Wildman–Crippen LogP) is 4.28. The Morgan fingerprint density at radius 2 is 1.75 bits per heavy atom. The lowest BCUT2D eigenvalue weighted by molar-refractivity contribution is -0.0717. The SMILES string of the molecule is CNCC(CC1CCC2(CCCCC2)O1)C1CCCC1. The fourth-order valence-corrected chi connectivity index (χ4v) is 5.10. The molecule has 2 heteroatoms. The largest absolute Gasteiger partial charge is 0.372 e. The highest BCUT2D eigenvalue weighted by Crippen LogP contribution is 2.44. The molecule has 116 valence electrons. The second kappa shape index (κ2) is 6.79. The molecule has 2 saturated carbocycles. The third-order valence-corrected chi connectivity index (χ3v) is 6.20. The van der Waals surface area contributed by atoms with Crippen LogP contribution in [0, 0.1) is 11.8 Å². The minimum absolute atomic E-state index is 0.308. The van der Waals surface area contributed by atoms with Gasteiger partial charge in [0.25, 0.3) is 0 Å². The maximum absolute atomic E-state index is 6.60. The molecule has 0 amide bonds. The summed E-state index contributed by atoms with van der Waals surface area (Å²) in [6.07, 6.45) is 17.3. The van der Waals surface area contributed by atoms with Crippen LogP contribution in [-0.4, -0.2) is 25.3 Å². The van der Waals surface area contributed by atoms with Crippen LogP contribution in [0.1, 0.15) is 77.0 Å². The number of nitrogens with one attached hydrogen (secondary N) is 1. The van der Waals surface area contributed by atoms with Crippen molar-refractivity contribution in [2.75, 3.05) is 13.6 Å². The molecule has 3 fully saturated rings. The summed E-state index contributed by atoms with van der Waals surface area (Å²) in [5.41, 5.74) is 0.308. The molecule has 0 aromatic heterocycles. The molecule has 0 bridgehead atoms. The van der Waals surface area contributed by atoms with E-state index in [0.717, 1.165) is 11.8 Å². The highest BCUT2D eigenvalue weighted by molar-refractivity contribution is 4.92. The summed E-state index contributed by atoms with van der Waals surface area (Å²) in [5.74, 6) is 1.82. The summed E-state index contributed by atoms with van der Waals surface area (Å²) in [6.45, 7) is 1.19. The van der Waals surface area contributed by atoms with E-state index in [1.807, 2.05) is 0 Å². The van der Waals surface area contributed by atoms with Crippen LogP contribution < -0.4 is 5.32 Å². The van der Waals surface area contributed by atoms with Crippen LogP contribution in [0.2, 0.25) is 0 Å². The van der Waals surface area contributed by atoms with Crippen molar-refractivity contribution in [3.63, 3.8) is 0 Å². The van der Waals surface area contributed by atoms with E-state index < -0.39 is 0 Å². The van der Waals surface area contributed by atoms with Crippen molar-refractivity contribution in [1.29, 1.82) is 0 Å². The second-order valence-corrected chi connectivity index (χ2v) is 7.62. The van der Waals surface area contributed by atoms with Crippen LogP contribution in [0.25, 0.3) is 0 Å². The van der Waals surface area contributed by atoms with Gasteiger partial charge in [0.1, 0.15) is 0 Å². The van der Waals surface area contributed by atoms with Crippen LogP contribution in [0.4, 0.5) is 0 Å². The van der Waals surface area contributed by atoms with Gasteiger partial charge < -0.3 is 10.1 Å². The Bertz CT molecular complexity index is 292. The van der Waals surface area contributed by atoms with Gasteiger partial charge in [0, 0.05) is 0 Å². The Balaban J connectivity index is 1.53. The third kappa shape index (κ3) is 3.39. The van der Waals surface area contributed by atoms with E-state index in [2.05, 4.69) is 12.4 Å². The van der Waals surface area contributed by atoms with Gasteiger partial charge in [0.15, 0.2) is 0 Å². The first kappa shape index (κ1) is 14.8. The zero-order chi connectivity index (χ0) is 13.8. The molecule has 1 aliphatic heterocycles. The number of ether oxygens (including phenoxy) is 1. The van der Waals surface area contributed by atoms with Crippen molar-refractivity contribution in [1.82, 2.24) is 5.32 Å². The number of hydrogen-bond donors (Lipinski definition) is 1. The van der Waals surface area contributed by atoms with Crippen molar-refractivity contribution in [3.05, 3.63) is 0 Å². The molecule has 2 atom stereocenters. The van der Waals surface area contributed by atoms with Crippen LogP contribution in [0.5, 0.6) is 0 Å². The molecule has 3 aliphatic rings. The first-order valence-electron chi connectivity index (χ1n) is 9.14. The molecule has 3 rings (SSSR count). The molecule has 0 aromatic carbocycles. The molecular weight excluding hydrogens is 246 g/mol. The zero-order valence-electron chi connectivity index (χ0n) is 13.3. The first-order valence-corrected chi connectivity index (χ1v) is 9.14. The highest BCUT2D eigenvalue weighted by Gasteiger charge is 2.41. The molecule has 2 unspecified atom stereocenters. The first-order chi connectivity index (χ1) is 9.81. The number of hydrogen-bond acceptors (Lipinski definition) is 2. The summed E-state index contributed by atoms with van der Waals surface area (Å²) in [7, 11) is 2.11. The highest BCUT2D eigenvalue weighted by atomic mass is 16.5. The standard InChI is InChI=1S/C18H33NO/c1-19-14-16(15-7-3-4-8-15)13-17-9-12-18(20-17)10-5-2-6-11-18/h15-17,19H,2-14H2,1H3. The average molecular weight is 279 g/mol. The van der Waals surface area contributed by atoms with Gasteiger partial charge in [-0.1, -0.05) is 44.9 Å². The van der Waals surface area contributed by atoms with Gasteiger partial charge in [-0.15, -0.1) is 0 Å². The molecule has 1 N–H and O–H groups in total. The van der Waals surface area contributed by atoms with Crippen molar-refractivity contribution in [3.8, 4) is 0 Å². The lowest BCUT2D eigenvalue weighted by atomic mass is 9.82. The van der Waals surface area contributed by atoms with Gasteiger partial charge in [-0.2, -0.15) is 0 Å². The van der Waals surface area contributed by atoms with Gasteiger partial charge in [0.2, 0.25) is 0 Å². The molecule has 1 heterocycles. The fraction of sp³-hybridized carbons (Fsp3) is 1.00. The Labute approximate surface area is 125 Å². The molecule has 2 nitrogen and oxygen atoms in total. The van der Waals surface area contributed by atoms with Crippen molar-refractivity contribution in [2.45, 2.75) is 88.8 Å². The minimum atomic E-state index is 0.308. The summed E-state index contributed by atoms with van der Waals surface area (Å²) < 4.78 is 6.60. The smallest absolute Gasteiger partial charge is 0.0687 e. The van der Waals surface area contributed by atoms with Gasteiger partial charge in [-0.05, 0) is 57.5 Å². The van der Waals surface area contributed by atoms with Gasteiger partial charge in [0.05, 0.1) is 11.7 Å². The maximum atomic E-state index is 6.60. The van der Waals surface area contributed by atoms with E-state index in [4.69, 9.17) is 4.74 Å². The van der Waals surface area contributed by atoms with Gasteiger partial charge in [-0.25, -0.2) is 0 Å². The van der Waals surface area contributed by atoms with E-state index >= 15 is 0 Å².